The molecule has 0 radical (unpaired) electrons. The lowest BCUT2D eigenvalue weighted by molar-refractivity contribution is -0.147. The fraction of sp³-hybridized carbons (Fsp3) is 0.579. The molecule has 1 atom stereocenters. The molecular weight excluding hydrogens is 316 g/mol. The Labute approximate surface area is 148 Å². The molecule has 0 aromatic carbocycles. The molecule has 2 aromatic rings. The number of aromatic nitrogens is 3. The van der Waals surface area contributed by atoms with Gasteiger partial charge in [-0.25, -0.2) is 0 Å². The van der Waals surface area contributed by atoms with Gasteiger partial charge in [0.2, 0.25) is 0 Å². The van der Waals surface area contributed by atoms with Gasteiger partial charge in [0.1, 0.15) is 0 Å². The Morgan fingerprint density at radius 3 is 3.00 bits per heavy atom. The number of pyridine rings is 1. The fourth-order valence-corrected chi connectivity index (χ4v) is 4.04. The summed E-state index contributed by atoms with van der Waals surface area (Å²) >= 11 is 0. The number of ether oxygens (including phenoxy) is 2. The second kappa shape index (κ2) is 6.86. The van der Waals surface area contributed by atoms with Crippen LogP contribution < -0.4 is 0 Å². The number of likely N-dealkylation sites (tertiary alicyclic amines) is 1. The van der Waals surface area contributed by atoms with Crippen LogP contribution in [0.25, 0.3) is 0 Å². The van der Waals surface area contributed by atoms with Gasteiger partial charge in [0.05, 0.1) is 30.2 Å². The summed E-state index contributed by atoms with van der Waals surface area (Å²) in [5.74, 6) is 0.480. The molecule has 4 heterocycles. The van der Waals surface area contributed by atoms with Crippen LogP contribution in [-0.4, -0.2) is 51.6 Å². The molecule has 6 nitrogen and oxygen atoms in total. The van der Waals surface area contributed by atoms with Crippen molar-refractivity contribution in [1.29, 1.82) is 0 Å². The number of hydrogen-bond donors (Lipinski definition) is 0. The lowest BCUT2D eigenvalue weighted by Crippen LogP contribution is -2.64. The molecule has 2 aliphatic rings. The van der Waals surface area contributed by atoms with Crippen molar-refractivity contribution < 1.29 is 9.47 Å². The van der Waals surface area contributed by atoms with Crippen LogP contribution in [0.5, 0.6) is 0 Å². The molecule has 1 spiro atoms. The van der Waals surface area contributed by atoms with Gasteiger partial charge in [0, 0.05) is 51.6 Å². The van der Waals surface area contributed by atoms with Gasteiger partial charge in [-0.1, -0.05) is 6.07 Å². The summed E-state index contributed by atoms with van der Waals surface area (Å²) in [5.41, 5.74) is 3.45. The van der Waals surface area contributed by atoms with E-state index >= 15 is 0 Å². The summed E-state index contributed by atoms with van der Waals surface area (Å²) in [7, 11) is 2.01. The number of rotatable bonds is 6. The van der Waals surface area contributed by atoms with Gasteiger partial charge in [0.15, 0.2) is 0 Å². The van der Waals surface area contributed by atoms with Crippen LogP contribution in [0.15, 0.2) is 30.6 Å². The minimum atomic E-state index is -0.0113. The van der Waals surface area contributed by atoms with Crippen LogP contribution in [-0.2, 0) is 29.7 Å². The van der Waals surface area contributed by atoms with Crippen molar-refractivity contribution in [3.63, 3.8) is 0 Å². The van der Waals surface area contributed by atoms with E-state index in [4.69, 9.17) is 9.47 Å². The molecule has 2 aliphatic heterocycles. The van der Waals surface area contributed by atoms with E-state index in [2.05, 4.69) is 27.1 Å². The summed E-state index contributed by atoms with van der Waals surface area (Å²) in [6.07, 6.45) is 4.74. The third kappa shape index (κ3) is 3.47. The smallest absolute Gasteiger partial charge is 0.0985 e. The molecular formula is C19H26N4O2. The molecule has 25 heavy (non-hydrogen) atoms. The van der Waals surface area contributed by atoms with E-state index < -0.39 is 0 Å². The third-order valence-electron chi connectivity index (χ3n) is 5.38. The average Bonchev–Trinajstić information content (AvgIpc) is 3.12. The SMILES string of the molecule is Cc1cc(CN2CC3(C2)OCCC3COCc2cccnc2)n(C)n1. The Balaban J connectivity index is 1.28. The van der Waals surface area contributed by atoms with Crippen molar-refractivity contribution in [2.75, 3.05) is 26.3 Å². The molecule has 0 bridgehead atoms. The Morgan fingerprint density at radius 2 is 2.28 bits per heavy atom. The van der Waals surface area contributed by atoms with Crippen LogP contribution in [0.4, 0.5) is 0 Å². The predicted molar refractivity (Wildman–Crippen MR) is 93.9 cm³/mol. The van der Waals surface area contributed by atoms with Crippen molar-refractivity contribution in [3.05, 3.63) is 47.5 Å². The minimum absolute atomic E-state index is 0.0113. The first-order chi connectivity index (χ1) is 12.1. The highest BCUT2D eigenvalue weighted by Gasteiger charge is 2.52. The number of aryl methyl sites for hydroxylation is 2. The zero-order valence-electron chi connectivity index (χ0n) is 15.0. The summed E-state index contributed by atoms with van der Waals surface area (Å²) in [5, 5.41) is 4.43. The van der Waals surface area contributed by atoms with E-state index in [1.165, 1.54) is 5.69 Å². The molecule has 6 heteroatoms. The first kappa shape index (κ1) is 16.7. The summed E-state index contributed by atoms with van der Waals surface area (Å²) in [6.45, 7) is 7.17. The lowest BCUT2D eigenvalue weighted by atomic mass is 9.81. The fourth-order valence-electron chi connectivity index (χ4n) is 4.04. The zero-order chi connectivity index (χ0) is 17.3. The van der Waals surface area contributed by atoms with E-state index in [0.29, 0.717) is 12.5 Å². The molecule has 2 fully saturated rings. The molecule has 2 aromatic heterocycles. The maximum absolute atomic E-state index is 6.14. The standard InChI is InChI=1S/C19H26N4O2/c1-15-8-18(22(2)21-15)10-23-13-19(14-23)17(5-7-25-19)12-24-11-16-4-3-6-20-9-16/h3-4,6,8-9,17H,5,7,10-14H2,1-2H3. The van der Waals surface area contributed by atoms with Crippen molar-refractivity contribution in [3.8, 4) is 0 Å². The maximum Gasteiger partial charge on any atom is 0.0985 e. The van der Waals surface area contributed by atoms with Gasteiger partial charge in [-0.2, -0.15) is 5.10 Å². The third-order valence-corrected chi connectivity index (χ3v) is 5.38. The molecule has 1 unspecified atom stereocenters. The summed E-state index contributed by atoms with van der Waals surface area (Å²) in [6, 6.07) is 6.16. The maximum atomic E-state index is 6.14. The Bertz CT molecular complexity index is 709. The van der Waals surface area contributed by atoms with Crippen LogP contribution in [0, 0.1) is 12.8 Å². The average molecular weight is 342 g/mol. The number of nitrogens with zero attached hydrogens (tertiary/aromatic N) is 4. The van der Waals surface area contributed by atoms with Gasteiger partial charge in [-0.05, 0) is 31.0 Å². The van der Waals surface area contributed by atoms with Gasteiger partial charge in [-0.3, -0.25) is 14.6 Å². The van der Waals surface area contributed by atoms with Crippen molar-refractivity contribution >= 4 is 0 Å². The van der Waals surface area contributed by atoms with Gasteiger partial charge < -0.3 is 9.47 Å². The molecule has 0 amide bonds. The van der Waals surface area contributed by atoms with Gasteiger partial charge in [-0.15, -0.1) is 0 Å². The van der Waals surface area contributed by atoms with Crippen LogP contribution in [0.1, 0.15) is 23.4 Å². The predicted octanol–water partition coefficient (Wildman–Crippen LogP) is 1.93. The highest BCUT2D eigenvalue weighted by atomic mass is 16.5. The van der Waals surface area contributed by atoms with E-state index in [1.54, 1.807) is 6.20 Å². The summed E-state index contributed by atoms with van der Waals surface area (Å²) in [4.78, 5) is 6.57. The van der Waals surface area contributed by atoms with E-state index in [0.717, 1.165) is 50.5 Å². The van der Waals surface area contributed by atoms with Crippen LogP contribution >= 0.6 is 0 Å². The Morgan fingerprint density at radius 1 is 1.40 bits per heavy atom. The largest absolute Gasteiger partial charge is 0.376 e. The minimum Gasteiger partial charge on any atom is -0.376 e. The van der Waals surface area contributed by atoms with Crippen molar-refractivity contribution in [2.24, 2.45) is 13.0 Å². The van der Waals surface area contributed by atoms with Crippen molar-refractivity contribution in [2.45, 2.75) is 32.1 Å². The molecule has 2 saturated heterocycles. The van der Waals surface area contributed by atoms with Gasteiger partial charge >= 0.3 is 0 Å². The monoisotopic (exact) mass is 342 g/mol. The van der Waals surface area contributed by atoms with E-state index in [1.807, 2.05) is 30.9 Å². The van der Waals surface area contributed by atoms with Gasteiger partial charge in [0.25, 0.3) is 0 Å². The topological polar surface area (TPSA) is 52.4 Å². The molecule has 0 saturated carbocycles. The lowest BCUT2D eigenvalue weighted by Gasteiger charge is -2.50. The highest BCUT2D eigenvalue weighted by Crippen LogP contribution is 2.40. The molecule has 0 N–H and O–H groups in total. The van der Waals surface area contributed by atoms with Crippen molar-refractivity contribution in [1.82, 2.24) is 19.7 Å². The molecule has 0 aliphatic carbocycles. The van der Waals surface area contributed by atoms with E-state index in [9.17, 15) is 0 Å². The first-order valence-corrected chi connectivity index (χ1v) is 8.97. The number of hydrogen-bond acceptors (Lipinski definition) is 5. The second-order valence-corrected chi connectivity index (χ2v) is 7.32. The summed E-state index contributed by atoms with van der Waals surface area (Å²) < 4.78 is 14.1. The first-order valence-electron chi connectivity index (χ1n) is 8.97. The quantitative estimate of drug-likeness (QED) is 0.803. The normalized spacial score (nSPS) is 22.4. The molecule has 134 valence electrons. The second-order valence-electron chi connectivity index (χ2n) is 7.32. The zero-order valence-corrected chi connectivity index (χ0v) is 15.0. The molecule has 4 rings (SSSR count). The Kier molecular flexibility index (Phi) is 4.58. The van der Waals surface area contributed by atoms with Crippen LogP contribution in [0.2, 0.25) is 0 Å². The van der Waals surface area contributed by atoms with Crippen LogP contribution in [0.3, 0.4) is 0 Å². The Hall–Kier alpha value is -1.76. The van der Waals surface area contributed by atoms with E-state index in [-0.39, 0.29) is 5.60 Å². The highest BCUT2D eigenvalue weighted by molar-refractivity contribution is 5.12.